The van der Waals surface area contributed by atoms with Gasteiger partial charge in [0, 0.05) is 36.2 Å². The lowest BCUT2D eigenvalue weighted by Crippen LogP contribution is -2.39. The minimum absolute atomic E-state index is 0.0841. The maximum absolute atomic E-state index is 12.7. The summed E-state index contributed by atoms with van der Waals surface area (Å²) in [6, 6.07) is 1.24. The first-order chi connectivity index (χ1) is 14.3. The van der Waals surface area contributed by atoms with Crippen molar-refractivity contribution in [2.45, 2.75) is 44.9 Å². The first-order valence-corrected chi connectivity index (χ1v) is 11.7. The molecule has 3 heterocycles. The van der Waals surface area contributed by atoms with Crippen LogP contribution in [-0.4, -0.2) is 40.0 Å². The second-order valence-corrected chi connectivity index (χ2v) is 9.49. The highest BCUT2D eigenvalue weighted by Crippen LogP contribution is 2.43. The van der Waals surface area contributed by atoms with Crippen molar-refractivity contribution < 1.29 is 19.1 Å². The molecule has 2 aromatic heterocycles. The number of aromatic nitrogens is 1. The van der Waals surface area contributed by atoms with E-state index in [4.69, 9.17) is 4.42 Å². The smallest absolute Gasteiger partial charge is 0.227 e. The Morgan fingerprint density at radius 1 is 1.27 bits per heavy atom. The van der Waals surface area contributed by atoms with Crippen LogP contribution in [0.4, 0.5) is 5.13 Å². The Labute approximate surface area is 182 Å². The summed E-state index contributed by atoms with van der Waals surface area (Å²) < 4.78 is 5.73. The van der Waals surface area contributed by atoms with Crippen molar-refractivity contribution >= 4 is 40.0 Å². The first kappa shape index (κ1) is 22.4. The van der Waals surface area contributed by atoms with E-state index >= 15 is 0 Å². The van der Waals surface area contributed by atoms with Crippen LogP contribution in [0.3, 0.4) is 0 Å². The van der Waals surface area contributed by atoms with E-state index in [2.05, 4.69) is 15.6 Å². The Hall–Kier alpha value is -2.33. The zero-order valence-electron chi connectivity index (χ0n) is 16.9. The number of hydrogen-bond donors (Lipinski definition) is 3. The van der Waals surface area contributed by atoms with Gasteiger partial charge in [0.05, 0.1) is 5.69 Å². The molecular weight excluding hydrogens is 426 g/mol. The Morgan fingerprint density at radius 3 is 2.67 bits per heavy atom. The zero-order valence-corrected chi connectivity index (χ0v) is 18.6. The van der Waals surface area contributed by atoms with Crippen molar-refractivity contribution in [3.63, 3.8) is 0 Å². The molecule has 1 aliphatic rings. The molecule has 0 aromatic carbocycles. The van der Waals surface area contributed by atoms with Gasteiger partial charge in [-0.1, -0.05) is 0 Å². The first-order valence-electron chi connectivity index (χ1n) is 9.70. The minimum atomic E-state index is -0.731. The van der Waals surface area contributed by atoms with Gasteiger partial charge in [0.2, 0.25) is 23.0 Å². The predicted octanol–water partition coefficient (Wildman–Crippen LogP) is 2.72. The largest absolute Gasteiger partial charge is 0.502 e. The number of nitrogens with zero attached hydrogens (tertiary/aromatic N) is 1. The Balaban J connectivity index is 1.62. The molecule has 162 valence electrons. The Bertz CT molecular complexity index is 979. The number of thiazole rings is 1. The van der Waals surface area contributed by atoms with E-state index in [0.717, 1.165) is 17.2 Å². The number of aromatic hydroxyl groups is 1. The molecule has 3 N–H and O–H groups in total. The fourth-order valence-corrected chi connectivity index (χ4v) is 5.47. The summed E-state index contributed by atoms with van der Waals surface area (Å²) in [4.78, 5) is 40.9. The molecule has 10 heteroatoms. The van der Waals surface area contributed by atoms with Crippen LogP contribution in [0.25, 0.3) is 0 Å². The number of hydrogen-bond acceptors (Lipinski definition) is 8. The topological polar surface area (TPSA) is 122 Å². The third kappa shape index (κ3) is 5.42. The lowest BCUT2D eigenvalue weighted by molar-refractivity contribution is -0.122. The molecular formula is C20H25N3O5S2. The van der Waals surface area contributed by atoms with Gasteiger partial charge in [0.25, 0.3) is 0 Å². The summed E-state index contributed by atoms with van der Waals surface area (Å²) in [7, 11) is 0. The van der Waals surface area contributed by atoms with Crippen LogP contribution in [0.2, 0.25) is 0 Å². The summed E-state index contributed by atoms with van der Waals surface area (Å²) in [5.41, 5.74) is -0.392. The van der Waals surface area contributed by atoms with E-state index in [1.807, 2.05) is 12.3 Å². The van der Waals surface area contributed by atoms with Gasteiger partial charge in [-0.25, -0.2) is 4.98 Å². The number of carbonyl (C=O) groups is 2. The van der Waals surface area contributed by atoms with Crippen molar-refractivity contribution in [3.8, 4) is 5.75 Å². The summed E-state index contributed by atoms with van der Waals surface area (Å²) in [5.74, 6) is 1.32. The second kappa shape index (κ2) is 9.65. The summed E-state index contributed by atoms with van der Waals surface area (Å²) >= 11 is 3.12. The molecule has 1 fully saturated rings. The van der Waals surface area contributed by atoms with Crippen molar-refractivity contribution in [2.24, 2.45) is 0 Å². The van der Waals surface area contributed by atoms with Gasteiger partial charge in [-0.2, -0.15) is 11.8 Å². The van der Waals surface area contributed by atoms with E-state index in [0.29, 0.717) is 23.7 Å². The van der Waals surface area contributed by atoms with Gasteiger partial charge in [0.15, 0.2) is 10.9 Å². The fourth-order valence-electron chi connectivity index (χ4n) is 3.49. The van der Waals surface area contributed by atoms with Gasteiger partial charge in [-0.05, 0) is 38.2 Å². The number of amides is 2. The number of aryl methyl sites for hydroxylation is 2. The standard InChI is InChI=1S/C20H25N3O5S2/c1-12-11-30-19(22-12)23-15(25)3-6-21-16(26)10-20(4-7-29-8-5-20)18-17(27)14(24)9-13(2)28-18/h9,11,27H,3-8,10H2,1-2H3,(H,21,26)(H,22,23,25). The third-order valence-electron chi connectivity index (χ3n) is 5.02. The van der Waals surface area contributed by atoms with E-state index in [-0.39, 0.29) is 37.0 Å². The molecule has 1 saturated heterocycles. The van der Waals surface area contributed by atoms with Crippen molar-refractivity contribution in [2.75, 3.05) is 23.4 Å². The molecule has 0 radical (unpaired) electrons. The summed E-state index contributed by atoms with van der Waals surface area (Å²) in [6.07, 6.45) is 1.45. The lowest BCUT2D eigenvalue weighted by Gasteiger charge is -2.35. The van der Waals surface area contributed by atoms with Gasteiger partial charge in [0.1, 0.15) is 5.76 Å². The highest BCUT2D eigenvalue weighted by Gasteiger charge is 2.41. The Morgan fingerprint density at radius 2 is 2.00 bits per heavy atom. The molecule has 0 spiro atoms. The van der Waals surface area contributed by atoms with Crippen LogP contribution in [0.15, 0.2) is 20.7 Å². The van der Waals surface area contributed by atoms with Crippen LogP contribution in [-0.2, 0) is 15.0 Å². The van der Waals surface area contributed by atoms with Crippen molar-refractivity contribution in [3.05, 3.63) is 38.9 Å². The van der Waals surface area contributed by atoms with Crippen LogP contribution in [0.1, 0.15) is 42.9 Å². The fraction of sp³-hybridized carbons (Fsp3) is 0.500. The minimum Gasteiger partial charge on any atom is -0.502 e. The van der Waals surface area contributed by atoms with Crippen molar-refractivity contribution in [1.82, 2.24) is 10.3 Å². The molecule has 2 aromatic rings. The summed E-state index contributed by atoms with van der Waals surface area (Å²) in [6.45, 7) is 3.68. The normalized spacial score (nSPS) is 15.5. The quantitative estimate of drug-likeness (QED) is 0.592. The lowest BCUT2D eigenvalue weighted by atomic mass is 9.75. The molecule has 30 heavy (non-hydrogen) atoms. The predicted molar refractivity (Wildman–Crippen MR) is 117 cm³/mol. The van der Waals surface area contributed by atoms with Crippen LogP contribution in [0.5, 0.6) is 5.75 Å². The molecule has 0 bridgehead atoms. The summed E-state index contributed by atoms with van der Waals surface area (Å²) in [5, 5.41) is 18.2. The average Bonchev–Trinajstić information content (AvgIpc) is 3.09. The highest BCUT2D eigenvalue weighted by molar-refractivity contribution is 7.99. The van der Waals surface area contributed by atoms with Gasteiger partial charge in [-0.15, -0.1) is 11.3 Å². The number of anilines is 1. The molecule has 8 nitrogen and oxygen atoms in total. The second-order valence-electron chi connectivity index (χ2n) is 7.41. The highest BCUT2D eigenvalue weighted by atomic mass is 32.2. The van der Waals surface area contributed by atoms with E-state index in [1.54, 1.807) is 18.7 Å². The SMILES string of the molecule is Cc1csc(NC(=O)CCNC(=O)CC2(c3oc(C)cc(=O)c3O)CCSCC2)n1. The van der Waals surface area contributed by atoms with Gasteiger partial charge < -0.3 is 20.2 Å². The molecule has 0 aliphatic carbocycles. The third-order valence-corrected chi connectivity index (χ3v) is 6.88. The van der Waals surface area contributed by atoms with Crippen LogP contribution < -0.4 is 16.1 Å². The molecule has 2 amide bonds. The Kier molecular flexibility index (Phi) is 7.19. The molecule has 0 atom stereocenters. The van der Waals surface area contributed by atoms with Crippen LogP contribution >= 0.6 is 23.1 Å². The number of nitrogens with one attached hydrogen (secondary N) is 2. The van der Waals surface area contributed by atoms with Crippen molar-refractivity contribution in [1.29, 1.82) is 0 Å². The number of thioether (sulfide) groups is 1. The monoisotopic (exact) mass is 451 g/mol. The maximum Gasteiger partial charge on any atom is 0.227 e. The molecule has 1 aliphatic heterocycles. The average molecular weight is 452 g/mol. The molecule has 0 saturated carbocycles. The zero-order chi connectivity index (χ0) is 21.7. The molecule has 3 rings (SSSR count). The number of rotatable bonds is 7. The van der Waals surface area contributed by atoms with E-state index in [9.17, 15) is 19.5 Å². The van der Waals surface area contributed by atoms with E-state index < -0.39 is 16.6 Å². The van der Waals surface area contributed by atoms with Gasteiger partial charge in [-0.3, -0.25) is 14.4 Å². The van der Waals surface area contributed by atoms with Crippen LogP contribution in [0, 0.1) is 13.8 Å². The maximum atomic E-state index is 12.7. The van der Waals surface area contributed by atoms with Gasteiger partial charge >= 0.3 is 0 Å². The van der Waals surface area contributed by atoms with E-state index in [1.165, 1.54) is 17.4 Å². The molecule has 0 unspecified atom stereocenters. The number of carbonyl (C=O) groups excluding carboxylic acids is 2.